The highest BCUT2D eigenvalue weighted by atomic mass is 35.5. The maximum atomic E-state index is 12.3. The average Bonchev–Trinajstić information content (AvgIpc) is 3.03. The lowest BCUT2D eigenvalue weighted by Crippen LogP contribution is -2.36. The van der Waals surface area contributed by atoms with Crippen LogP contribution in [0.4, 0.5) is 11.4 Å². The SMILES string of the molecule is CC(=O)N(CC(=O)Nc1ccc2c(c1)OCO2)c1ccc(Cl)c(Cl)c1. The molecular weight excluding hydrogens is 367 g/mol. The maximum Gasteiger partial charge on any atom is 0.244 e. The van der Waals surface area contributed by atoms with Crippen LogP contribution in [-0.4, -0.2) is 25.2 Å². The molecule has 0 saturated carbocycles. The molecule has 0 spiro atoms. The van der Waals surface area contributed by atoms with Crippen LogP contribution in [0.2, 0.25) is 10.0 Å². The largest absolute Gasteiger partial charge is 0.454 e. The van der Waals surface area contributed by atoms with E-state index in [0.29, 0.717) is 32.9 Å². The second kappa shape index (κ2) is 7.21. The molecule has 0 bridgehead atoms. The first kappa shape index (κ1) is 17.4. The van der Waals surface area contributed by atoms with Crippen molar-refractivity contribution in [1.82, 2.24) is 0 Å². The minimum Gasteiger partial charge on any atom is -0.454 e. The molecule has 130 valence electrons. The summed E-state index contributed by atoms with van der Waals surface area (Å²) in [5.41, 5.74) is 1.04. The number of nitrogens with one attached hydrogen (secondary N) is 1. The number of fused-ring (bicyclic) bond motifs is 1. The number of ether oxygens (including phenoxy) is 2. The predicted molar refractivity (Wildman–Crippen MR) is 95.7 cm³/mol. The predicted octanol–water partition coefficient (Wildman–Crippen LogP) is 3.71. The highest BCUT2D eigenvalue weighted by Gasteiger charge is 2.18. The standard InChI is InChI=1S/C17H14Cl2N2O4/c1-10(22)21(12-3-4-13(18)14(19)7-12)8-17(23)20-11-2-5-15-16(6-11)25-9-24-15/h2-7H,8-9H2,1H3,(H,20,23). The fraction of sp³-hybridized carbons (Fsp3) is 0.176. The van der Waals surface area contributed by atoms with Crippen molar-refractivity contribution in [1.29, 1.82) is 0 Å². The van der Waals surface area contributed by atoms with Gasteiger partial charge in [-0.15, -0.1) is 0 Å². The molecule has 25 heavy (non-hydrogen) atoms. The number of carbonyl (C=O) groups is 2. The third-order valence-electron chi connectivity index (χ3n) is 3.55. The maximum absolute atomic E-state index is 12.3. The summed E-state index contributed by atoms with van der Waals surface area (Å²) in [6, 6.07) is 9.81. The van der Waals surface area contributed by atoms with Gasteiger partial charge in [0.2, 0.25) is 18.6 Å². The molecular formula is C17H14Cl2N2O4. The van der Waals surface area contributed by atoms with Gasteiger partial charge in [-0.1, -0.05) is 23.2 Å². The minimum absolute atomic E-state index is 0.155. The molecule has 0 fully saturated rings. The third-order valence-corrected chi connectivity index (χ3v) is 4.29. The Bertz CT molecular complexity index is 841. The van der Waals surface area contributed by atoms with E-state index in [4.69, 9.17) is 32.7 Å². The summed E-state index contributed by atoms with van der Waals surface area (Å²) in [5, 5.41) is 3.41. The van der Waals surface area contributed by atoms with Crippen LogP contribution in [0, 0.1) is 0 Å². The number of benzene rings is 2. The lowest BCUT2D eigenvalue weighted by atomic mass is 10.2. The first-order valence-corrected chi connectivity index (χ1v) is 8.12. The van der Waals surface area contributed by atoms with Gasteiger partial charge in [0.1, 0.15) is 6.54 Å². The van der Waals surface area contributed by atoms with Gasteiger partial charge in [-0.2, -0.15) is 0 Å². The number of amides is 2. The number of hydrogen-bond acceptors (Lipinski definition) is 4. The zero-order valence-electron chi connectivity index (χ0n) is 13.2. The molecule has 0 aromatic heterocycles. The molecule has 0 atom stereocenters. The Balaban J connectivity index is 1.72. The monoisotopic (exact) mass is 380 g/mol. The molecule has 2 aromatic rings. The minimum atomic E-state index is -0.361. The molecule has 2 amide bonds. The van der Waals surface area contributed by atoms with Crippen molar-refractivity contribution < 1.29 is 19.1 Å². The van der Waals surface area contributed by atoms with E-state index >= 15 is 0 Å². The van der Waals surface area contributed by atoms with Crippen LogP contribution in [0.25, 0.3) is 0 Å². The second-order valence-electron chi connectivity index (χ2n) is 5.32. The Kier molecular flexibility index (Phi) is 5.01. The van der Waals surface area contributed by atoms with Crippen molar-refractivity contribution >= 4 is 46.4 Å². The molecule has 1 N–H and O–H groups in total. The van der Waals surface area contributed by atoms with E-state index in [9.17, 15) is 9.59 Å². The molecule has 3 rings (SSSR count). The first-order chi connectivity index (χ1) is 11.9. The van der Waals surface area contributed by atoms with E-state index in [1.54, 1.807) is 36.4 Å². The van der Waals surface area contributed by atoms with E-state index in [0.717, 1.165) is 0 Å². The van der Waals surface area contributed by atoms with Crippen LogP contribution in [0.15, 0.2) is 36.4 Å². The fourth-order valence-electron chi connectivity index (χ4n) is 2.36. The van der Waals surface area contributed by atoms with Crippen molar-refractivity contribution in [3.05, 3.63) is 46.4 Å². The Morgan fingerprint density at radius 1 is 1.08 bits per heavy atom. The lowest BCUT2D eigenvalue weighted by molar-refractivity contribution is -0.120. The normalized spacial score (nSPS) is 12.0. The molecule has 0 aliphatic carbocycles. The smallest absolute Gasteiger partial charge is 0.244 e. The Hall–Kier alpha value is -2.44. The van der Waals surface area contributed by atoms with E-state index < -0.39 is 0 Å². The fourth-order valence-corrected chi connectivity index (χ4v) is 2.65. The van der Waals surface area contributed by atoms with Crippen LogP contribution < -0.4 is 19.7 Å². The molecule has 2 aromatic carbocycles. The van der Waals surface area contributed by atoms with Crippen LogP contribution >= 0.6 is 23.2 Å². The van der Waals surface area contributed by atoms with Crippen molar-refractivity contribution in [2.45, 2.75) is 6.92 Å². The molecule has 0 unspecified atom stereocenters. The van der Waals surface area contributed by atoms with Crippen LogP contribution in [0.5, 0.6) is 11.5 Å². The highest BCUT2D eigenvalue weighted by Crippen LogP contribution is 2.34. The summed E-state index contributed by atoms with van der Waals surface area (Å²) in [6.07, 6.45) is 0. The molecule has 6 nitrogen and oxygen atoms in total. The molecule has 1 aliphatic rings. The van der Waals surface area contributed by atoms with Crippen LogP contribution in [0.3, 0.4) is 0 Å². The number of halogens is 2. The zero-order chi connectivity index (χ0) is 18.0. The lowest BCUT2D eigenvalue weighted by Gasteiger charge is -2.21. The van der Waals surface area contributed by atoms with Gasteiger partial charge in [0, 0.05) is 24.4 Å². The summed E-state index contributed by atoms with van der Waals surface area (Å²) in [5.74, 6) is 0.532. The molecule has 1 aliphatic heterocycles. The third kappa shape index (κ3) is 3.97. The number of rotatable bonds is 4. The quantitative estimate of drug-likeness (QED) is 0.877. The van der Waals surface area contributed by atoms with Crippen molar-refractivity contribution in [2.75, 3.05) is 23.6 Å². The van der Waals surface area contributed by atoms with Crippen molar-refractivity contribution in [3.63, 3.8) is 0 Å². The van der Waals surface area contributed by atoms with Crippen molar-refractivity contribution in [3.8, 4) is 11.5 Å². The average molecular weight is 381 g/mol. The van der Waals surface area contributed by atoms with Gasteiger partial charge < -0.3 is 19.7 Å². The summed E-state index contributed by atoms with van der Waals surface area (Å²) < 4.78 is 10.5. The molecule has 8 heteroatoms. The van der Waals surface area contributed by atoms with Gasteiger partial charge in [0.05, 0.1) is 10.0 Å². The van der Waals surface area contributed by atoms with Gasteiger partial charge in [0.25, 0.3) is 0 Å². The van der Waals surface area contributed by atoms with Gasteiger partial charge in [-0.25, -0.2) is 0 Å². The van der Waals surface area contributed by atoms with E-state index in [-0.39, 0.29) is 25.2 Å². The number of hydrogen-bond donors (Lipinski definition) is 1. The molecule has 0 radical (unpaired) electrons. The first-order valence-electron chi connectivity index (χ1n) is 7.36. The topological polar surface area (TPSA) is 67.9 Å². The number of carbonyl (C=O) groups excluding carboxylic acids is 2. The molecule has 0 saturated heterocycles. The summed E-state index contributed by atoms with van der Waals surface area (Å²) in [4.78, 5) is 25.5. The second-order valence-corrected chi connectivity index (χ2v) is 6.13. The Morgan fingerprint density at radius 2 is 1.84 bits per heavy atom. The summed E-state index contributed by atoms with van der Waals surface area (Å²) in [7, 11) is 0. The number of anilines is 2. The number of nitrogens with zero attached hydrogens (tertiary/aromatic N) is 1. The summed E-state index contributed by atoms with van der Waals surface area (Å²) in [6.45, 7) is 1.36. The van der Waals surface area contributed by atoms with Crippen molar-refractivity contribution in [2.24, 2.45) is 0 Å². The van der Waals surface area contributed by atoms with Gasteiger partial charge in [0.15, 0.2) is 11.5 Å². The zero-order valence-corrected chi connectivity index (χ0v) is 14.7. The van der Waals surface area contributed by atoms with Gasteiger partial charge in [-0.05, 0) is 30.3 Å². The van der Waals surface area contributed by atoms with Crippen LogP contribution in [-0.2, 0) is 9.59 Å². The highest BCUT2D eigenvalue weighted by molar-refractivity contribution is 6.42. The Morgan fingerprint density at radius 3 is 2.56 bits per heavy atom. The van der Waals surface area contributed by atoms with E-state index in [1.807, 2.05) is 0 Å². The Labute approximate surface area is 154 Å². The molecule has 1 heterocycles. The van der Waals surface area contributed by atoms with Crippen LogP contribution in [0.1, 0.15) is 6.92 Å². The van der Waals surface area contributed by atoms with E-state index in [2.05, 4.69) is 5.32 Å². The summed E-state index contributed by atoms with van der Waals surface area (Å²) >= 11 is 11.9. The van der Waals surface area contributed by atoms with E-state index in [1.165, 1.54) is 11.8 Å². The van der Waals surface area contributed by atoms with Gasteiger partial charge in [-0.3, -0.25) is 9.59 Å². The van der Waals surface area contributed by atoms with Gasteiger partial charge >= 0.3 is 0 Å².